The predicted molar refractivity (Wildman–Crippen MR) is 138 cm³/mol. The zero-order valence-electron chi connectivity index (χ0n) is 21.1. The highest BCUT2D eigenvalue weighted by molar-refractivity contribution is 7.99. The first-order valence-electron chi connectivity index (χ1n) is 11.6. The molecular formula is C26H34N4O4S. The van der Waals surface area contributed by atoms with E-state index in [2.05, 4.69) is 36.2 Å². The van der Waals surface area contributed by atoms with Gasteiger partial charge in [-0.15, -0.1) is 10.2 Å². The first-order valence-corrected chi connectivity index (χ1v) is 12.6. The minimum absolute atomic E-state index is 0.00166. The molecule has 3 aromatic rings. The Morgan fingerprint density at radius 2 is 1.63 bits per heavy atom. The highest BCUT2D eigenvalue weighted by Crippen LogP contribution is 2.32. The summed E-state index contributed by atoms with van der Waals surface area (Å²) in [5.41, 5.74) is 3.10. The van der Waals surface area contributed by atoms with Gasteiger partial charge in [0.05, 0.1) is 31.8 Å². The van der Waals surface area contributed by atoms with E-state index in [0.717, 1.165) is 17.0 Å². The van der Waals surface area contributed by atoms with E-state index in [9.17, 15) is 4.79 Å². The van der Waals surface area contributed by atoms with Gasteiger partial charge in [0.1, 0.15) is 5.75 Å². The maximum Gasteiger partial charge on any atom is 0.233 e. The first kappa shape index (κ1) is 26.7. The van der Waals surface area contributed by atoms with Gasteiger partial charge in [0.25, 0.3) is 0 Å². The number of rotatable bonds is 13. The Bertz CT molecular complexity index is 1080. The minimum atomic E-state index is 0.00166. The summed E-state index contributed by atoms with van der Waals surface area (Å²) in [5, 5.41) is 9.68. The lowest BCUT2D eigenvalue weighted by atomic mass is 10.0. The largest absolute Gasteiger partial charge is 0.497 e. The van der Waals surface area contributed by atoms with Crippen LogP contribution >= 0.6 is 11.8 Å². The number of para-hydroxylation sites is 1. The molecule has 0 atom stereocenters. The topological polar surface area (TPSA) is 78.7 Å². The standard InChI is InChI=1S/C26H34N4O4S/c1-19(2)22-8-6-7-9-23(22)30-25(20-10-12-21(34-5)13-11-20)27-28-26(30)35-18-24(31)29(14-16-32-3)15-17-33-4/h6-13,19H,14-18H2,1-5H3. The summed E-state index contributed by atoms with van der Waals surface area (Å²) >= 11 is 1.38. The van der Waals surface area contributed by atoms with Crippen molar-refractivity contribution >= 4 is 17.7 Å². The average Bonchev–Trinajstić information content (AvgIpc) is 3.31. The second kappa shape index (κ2) is 13.3. The number of carbonyl (C=O) groups excluding carboxylic acids is 1. The minimum Gasteiger partial charge on any atom is -0.497 e. The molecule has 188 valence electrons. The maximum atomic E-state index is 13.0. The van der Waals surface area contributed by atoms with E-state index >= 15 is 0 Å². The van der Waals surface area contributed by atoms with E-state index in [0.29, 0.717) is 43.2 Å². The fourth-order valence-electron chi connectivity index (χ4n) is 3.67. The van der Waals surface area contributed by atoms with Crippen LogP contribution in [0, 0.1) is 0 Å². The van der Waals surface area contributed by atoms with Crippen LogP contribution in [0.2, 0.25) is 0 Å². The summed E-state index contributed by atoms with van der Waals surface area (Å²) in [6, 6.07) is 16.0. The third-order valence-electron chi connectivity index (χ3n) is 5.59. The van der Waals surface area contributed by atoms with Crippen molar-refractivity contribution in [3.8, 4) is 22.8 Å². The molecule has 35 heavy (non-hydrogen) atoms. The average molecular weight is 499 g/mol. The molecule has 0 saturated heterocycles. The number of ether oxygens (including phenoxy) is 3. The molecule has 0 bridgehead atoms. The van der Waals surface area contributed by atoms with Gasteiger partial charge in [-0.1, -0.05) is 43.8 Å². The van der Waals surface area contributed by atoms with Crippen molar-refractivity contribution in [1.29, 1.82) is 0 Å². The lowest BCUT2D eigenvalue weighted by Crippen LogP contribution is -2.37. The number of hydrogen-bond donors (Lipinski definition) is 0. The number of nitrogens with zero attached hydrogens (tertiary/aromatic N) is 4. The molecule has 0 fully saturated rings. The summed E-state index contributed by atoms with van der Waals surface area (Å²) in [5.74, 6) is 2.02. The van der Waals surface area contributed by atoms with Crippen LogP contribution in [0.4, 0.5) is 0 Å². The van der Waals surface area contributed by atoms with Gasteiger partial charge in [0.2, 0.25) is 5.91 Å². The number of aromatic nitrogens is 3. The molecular weight excluding hydrogens is 464 g/mol. The van der Waals surface area contributed by atoms with E-state index in [-0.39, 0.29) is 11.7 Å². The van der Waals surface area contributed by atoms with Gasteiger partial charge in [-0.2, -0.15) is 0 Å². The summed E-state index contributed by atoms with van der Waals surface area (Å²) in [6.07, 6.45) is 0. The molecule has 8 nitrogen and oxygen atoms in total. The monoisotopic (exact) mass is 498 g/mol. The van der Waals surface area contributed by atoms with Crippen molar-refractivity contribution in [3.63, 3.8) is 0 Å². The normalized spacial score (nSPS) is 11.1. The molecule has 3 rings (SSSR count). The van der Waals surface area contributed by atoms with Crippen molar-refractivity contribution in [2.75, 3.05) is 53.4 Å². The summed E-state index contributed by atoms with van der Waals surface area (Å²) in [4.78, 5) is 14.8. The van der Waals surface area contributed by atoms with Crippen LogP contribution in [0.5, 0.6) is 5.75 Å². The quantitative estimate of drug-likeness (QED) is 0.326. The third-order valence-corrected chi connectivity index (χ3v) is 6.50. The fraction of sp³-hybridized carbons (Fsp3) is 0.423. The van der Waals surface area contributed by atoms with E-state index < -0.39 is 0 Å². The maximum absolute atomic E-state index is 13.0. The van der Waals surface area contributed by atoms with E-state index in [4.69, 9.17) is 14.2 Å². The molecule has 0 aliphatic rings. The van der Waals surface area contributed by atoms with E-state index in [1.807, 2.05) is 41.0 Å². The Balaban J connectivity index is 1.96. The number of benzene rings is 2. The van der Waals surface area contributed by atoms with Gasteiger partial charge in [-0.25, -0.2) is 0 Å². The number of methoxy groups -OCH3 is 3. The van der Waals surface area contributed by atoms with Crippen LogP contribution in [-0.4, -0.2) is 79.0 Å². The predicted octanol–water partition coefficient (Wildman–Crippen LogP) is 4.28. The number of carbonyl (C=O) groups is 1. The molecule has 0 unspecified atom stereocenters. The molecule has 0 aliphatic carbocycles. The number of amides is 1. The molecule has 9 heteroatoms. The SMILES string of the molecule is COCCN(CCOC)C(=O)CSc1nnc(-c2ccc(OC)cc2)n1-c1ccccc1C(C)C. The highest BCUT2D eigenvalue weighted by Gasteiger charge is 2.21. The lowest BCUT2D eigenvalue weighted by Gasteiger charge is -2.22. The fourth-order valence-corrected chi connectivity index (χ4v) is 4.52. The van der Waals surface area contributed by atoms with Crippen LogP contribution in [0.25, 0.3) is 17.1 Å². The summed E-state index contributed by atoms with van der Waals surface area (Å²) in [6.45, 7) is 6.30. The molecule has 0 saturated carbocycles. The van der Waals surface area contributed by atoms with Gasteiger partial charge in [0.15, 0.2) is 11.0 Å². The van der Waals surface area contributed by atoms with Crippen LogP contribution < -0.4 is 4.74 Å². The van der Waals surface area contributed by atoms with Gasteiger partial charge in [0, 0.05) is 32.9 Å². The zero-order valence-corrected chi connectivity index (χ0v) is 21.9. The first-order chi connectivity index (χ1) is 17.0. The van der Waals surface area contributed by atoms with Crippen molar-refractivity contribution < 1.29 is 19.0 Å². The van der Waals surface area contributed by atoms with Crippen molar-refractivity contribution in [3.05, 3.63) is 54.1 Å². The van der Waals surface area contributed by atoms with Crippen molar-refractivity contribution in [2.45, 2.75) is 24.9 Å². The van der Waals surface area contributed by atoms with Crippen molar-refractivity contribution in [1.82, 2.24) is 19.7 Å². The van der Waals surface area contributed by atoms with Crippen LogP contribution in [0.1, 0.15) is 25.3 Å². The Hall–Kier alpha value is -2.88. The zero-order chi connectivity index (χ0) is 25.2. The molecule has 0 spiro atoms. The molecule has 0 N–H and O–H groups in total. The van der Waals surface area contributed by atoms with Gasteiger partial charge >= 0.3 is 0 Å². The number of hydrogen-bond acceptors (Lipinski definition) is 7. The Labute approximate surface area is 211 Å². The lowest BCUT2D eigenvalue weighted by molar-refractivity contribution is -0.129. The Morgan fingerprint density at radius 3 is 2.23 bits per heavy atom. The molecule has 0 radical (unpaired) electrons. The van der Waals surface area contributed by atoms with Crippen LogP contribution in [-0.2, 0) is 14.3 Å². The summed E-state index contributed by atoms with van der Waals surface area (Å²) in [7, 11) is 4.90. The van der Waals surface area contributed by atoms with E-state index in [1.165, 1.54) is 17.3 Å². The van der Waals surface area contributed by atoms with Crippen molar-refractivity contribution in [2.24, 2.45) is 0 Å². The molecule has 1 aromatic heterocycles. The van der Waals surface area contributed by atoms with Gasteiger partial charge < -0.3 is 19.1 Å². The third kappa shape index (κ3) is 6.84. The van der Waals surface area contributed by atoms with E-state index in [1.54, 1.807) is 26.2 Å². The summed E-state index contributed by atoms with van der Waals surface area (Å²) < 4.78 is 17.7. The second-order valence-corrected chi connectivity index (χ2v) is 9.18. The second-order valence-electron chi connectivity index (χ2n) is 8.24. The van der Waals surface area contributed by atoms with Gasteiger partial charge in [-0.05, 0) is 41.8 Å². The Morgan fingerprint density at radius 1 is 0.971 bits per heavy atom. The van der Waals surface area contributed by atoms with Gasteiger partial charge in [-0.3, -0.25) is 9.36 Å². The molecule has 0 aliphatic heterocycles. The molecule has 2 aromatic carbocycles. The molecule has 1 heterocycles. The number of thioether (sulfide) groups is 1. The van der Waals surface area contributed by atoms with Crippen LogP contribution in [0.3, 0.4) is 0 Å². The Kier molecular flexibility index (Phi) is 10.1. The molecule has 1 amide bonds. The van der Waals surface area contributed by atoms with Crippen LogP contribution in [0.15, 0.2) is 53.7 Å². The smallest absolute Gasteiger partial charge is 0.233 e. The highest BCUT2D eigenvalue weighted by atomic mass is 32.2.